The van der Waals surface area contributed by atoms with E-state index < -0.39 is 0 Å². The van der Waals surface area contributed by atoms with E-state index in [9.17, 15) is 4.79 Å². The van der Waals surface area contributed by atoms with Gasteiger partial charge in [0.15, 0.2) is 0 Å². The maximum Gasteiger partial charge on any atom is 0.224 e. The summed E-state index contributed by atoms with van der Waals surface area (Å²) in [7, 11) is 3.49. The predicted octanol–water partition coefficient (Wildman–Crippen LogP) is 1.62. The lowest BCUT2D eigenvalue weighted by atomic mass is 10.0. The quantitative estimate of drug-likeness (QED) is 0.910. The van der Waals surface area contributed by atoms with Crippen LogP contribution in [-0.4, -0.2) is 35.4 Å². The van der Waals surface area contributed by atoms with Crippen LogP contribution < -0.4 is 10.1 Å². The lowest BCUT2D eigenvalue weighted by Crippen LogP contribution is -2.37. The monoisotopic (exact) mass is 315 g/mol. The SMILES string of the molecule is COc1cccc(CC(=O)N[C@H]2CCO[C@@H]2c2cnn(C)c2)c1. The molecule has 1 N–H and O–H groups in total. The van der Waals surface area contributed by atoms with Gasteiger partial charge < -0.3 is 14.8 Å². The van der Waals surface area contributed by atoms with Crippen LogP contribution in [0.2, 0.25) is 0 Å². The number of rotatable bonds is 5. The number of hydrogen-bond donors (Lipinski definition) is 1. The van der Waals surface area contributed by atoms with Gasteiger partial charge in [-0.25, -0.2) is 0 Å². The largest absolute Gasteiger partial charge is 0.497 e. The molecule has 0 spiro atoms. The summed E-state index contributed by atoms with van der Waals surface area (Å²) >= 11 is 0. The number of amides is 1. The van der Waals surface area contributed by atoms with Gasteiger partial charge in [-0.15, -0.1) is 0 Å². The van der Waals surface area contributed by atoms with Gasteiger partial charge in [0.2, 0.25) is 5.91 Å². The highest BCUT2D eigenvalue weighted by Gasteiger charge is 2.31. The van der Waals surface area contributed by atoms with Crippen molar-refractivity contribution in [1.82, 2.24) is 15.1 Å². The highest BCUT2D eigenvalue weighted by atomic mass is 16.5. The topological polar surface area (TPSA) is 65.4 Å². The minimum Gasteiger partial charge on any atom is -0.497 e. The molecule has 6 nitrogen and oxygen atoms in total. The average Bonchev–Trinajstić information content (AvgIpc) is 3.16. The van der Waals surface area contributed by atoms with E-state index >= 15 is 0 Å². The summed E-state index contributed by atoms with van der Waals surface area (Å²) in [4.78, 5) is 12.3. The van der Waals surface area contributed by atoms with Crippen molar-refractivity contribution in [1.29, 1.82) is 0 Å². The fraction of sp³-hybridized carbons (Fsp3) is 0.412. The molecule has 0 radical (unpaired) electrons. The van der Waals surface area contributed by atoms with E-state index in [2.05, 4.69) is 10.4 Å². The molecule has 1 aromatic heterocycles. The molecule has 0 unspecified atom stereocenters. The van der Waals surface area contributed by atoms with Crippen molar-refractivity contribution in [3.63, 3.8) is 0 Å². The van der Waals surface area contributed by atoms with Crippen LogP contribution >= 0.6 is 0 Å². The Morgan fingerprint density at radius 2 is 2.39 bits per heavy atom. The van der Waals surface area contributed by atoms with Crippen LogP contribution in [0.25, 0.3) is 0 Å². The molecule has 2 atom stereocenters. The smallest absolute Gasteiger partial charge is 0.224 e. The Morgan fingerprint density at radius 1 is 1.52 bits per heavy atom. The zero-order chi connectivity index (χ0) is 16.2. The second-order valence-corrected chi connectivity index (χ2v) is 5.73. The second-order valence-electron chi connectivity index (χ2n) is 5.73. The van der Waals surface area contributed by atoms with Gasteiger partial charge in [-0.05, 0) is 24.1 Å². The highest BCUT2D eigenvalue weighted by molar-refractivity contribution is 5.79. The van der Waals surface area contributed by atoms with Crippen LogP contribution in [0.5, 0.6) is 5.75 Å². The standard InChI is InChI=1S/C17H21N3O3/c1-20-11-13(10-18-20)17-15(6-7-23-17)19-16(21)9-12-4-3-5-14(8-12)22-2/h3-5,8,10-11,15,17H,6-7,9H2,1-2H3,(H,19,21)/t15-,17+/m0/s1. The molecule has 23 heavy (non-hydrogen) atoms. The molecule has 1 amide bonds. The first-order chi connectivity index (χ1) is 11.2. The predicted molar refractivity (Wildman–Crippen MR) is 85.1 cm³/mol. The molecule has 0 saturated carbocycles. The number of aromatic nitrogens is 2. The molecule has 3 rings (SSSR count). The molecule has 1 saturated heterocycles. The van der Waals surface area contributed by atoms with Crippen LogP contribution in [0.1, 0.15) is 23.7 Å². The Balaban J connectivity index is 1.62. The van der Waals surface area contributed by atoms with E-state index in [0.717, 1.165) is 23.3 Å². The molecule has 0 aliphatic carbocycles. The molecular weight excluding hydrogens is 294 g/mol. The van der Waals surface area contributed by atoms with Crippen molar-refractivity contribution < 1.29 is 14.3 Å². The normalized spacial score (nSPS) is 20.4. The van der Waals surface area contributed by atoms with E-state index in [1.165, 1.54) is 0 Å². The molecule has 1 fully saturated rings. The van der Waals surface area contributed by atoms with Crippen LogP contribution in [0.3, 0.4) is 0 Å². The van der Waals surface area contributed by atoms with Gasteiger partial charge in [-0.2, -0.15) is 5.10 Å². The summed E-state index contributed by atoms with van der Waals surface area (Å²) in [6.07, 6.45) is 4.73. The van der Waals surface area contributed by atoms with Gasteiger partial charge in [-0.1, -0.05) is 12.1 Å². The van der Waals surface area contributed by atoms with Crippen LogP contribution in [-0.2, 0) is 23.0 Å². The summed E-state index contributed by atoms with van der Waals surface area (Å²) < 4.78 is 12.7. The fourth-order valence-electron chi connectivity index (χ4n) is 2.88. The number of hydrogen-bond acceptors (Lipinski definition) is 4. The Bertz CT molecular complexity index is 683. The van der Waals surface area contributed by atoms with Crippen molar-refractivity contribution in [2.45, 2.75) is 25.0 Å². The van der Waals surface area contributed by atoms with Gasteiger partial charge in [0.05, 0.1) is 25.8 Å². The number of aryl methyl sites for hydroxylation is 1. The second kappa shape index (κ2) is 6.83. The van der Waals surface area contributed by atoms with E-state index in [4.69, 9.17) is 9.47 Å². The summed E-state index contributed by atoms with van der Waals surface area (Å²) in [5.41, 5.74) is 1.93. The lowest BCUT2D eigenvalue weighted by molar-refractivity contribution is -0.121. The Hall–Kier alpha value is -2.34. The number of carbonyl (C=O) groups excluding carboxylic acids is 1. The van der Waals surface area contributed by atoms with Gasteiger partial charge in [-0.3, -0.25) is 9.48 Å². The molecule has 122 valence electrons. The first kappa shape index (κ1) is 15.6. The molecule has 1 aromatic carbocycles. The molecule has 1 aliphatic rings. The fourth-order valence-corrected chi connectivity index (χ4v) is 2.88. The highest BCUT2D eigenvalue weighted by Crippen LogP contribution is 2.28. The average molecular weight is 315 g/mol. The van der Waals surface area contributed by atoms with Crippen molar-refractivity contribution >= 4 is 5.91 Å². The van der Waals surface area contributed by atoms with Crippen LogP contribution in [0.15, 0.2) is 36.7 Å². The van der Waals surface area contributed by atoms with Crippen molar-refractivity contribution in [2.24, 2.45) is 7.05 Å². The first-order valence-corrected chi connectivity index (χ1v) is 7.68. The van der Waals surface area contributed by atoms with Crippen molar-refractivity contribution in [3.8, 4) is 5.75 Å². The summed E-state index contributed by atoms with van der Waals surface area (Å²) in [5.74, 6) is 0.746. The number of nitrogens with zero attached hydrogens (tertiary/aromatic N) is 2. The lowest BCUT2D eigenvalue weighted by Gasteiger charge is -2.19. The van der Waals surface area contributed by atoms with Gasteiger partial charge >= 0.3 is 0 Å². The Labute approximate surface area is 135 Å². The zero-order valence-corrected chi connectivity index (χ0v) is 13.4. The first-order valence-electron chi connectivity index (χ1n) is 7.68. The number of ether oxygens (including phenoxy) is 2. The van der Waals surface area contributed by atoms with Crippen molar-refractivity contribution in [2.75, 3.05) is 13.7 Å². The molecule has 2 heterocycles. The molecule has 1 aliphatic heterocycles. The third-order valence-corrected chi connectivity index (χ3v) is 3.99. The zero-order valence-electron chi connectivity index (χ0n) is 13.4. The van der Waals surface area contributed by atoms with Gasteiger partial charge in [0.1, 0.15) is 11.9 Å². The van der Waals surface area contributed by atoms with E-state index in [1.54, 1.807) is 18.0 Å². The molecule has 6 heteroatoms. The van der Waals surface area contributed by atoms with E-state index in [1.807, 2.05) is 37.5 Å². The number of methoxy groups -OCH3 is 1. The van der Waals surface area contributed by atoms with Crippen LogP contribution in [0.4, 0.5) is 0 Å². The third-order valence-electron chi connectivity index (χ3n) is 3.99. The maximum absolute atomic E-state index is 12.3. The van der Waals surface area contributed by atoms with Gasteiger partial charge in [0, 0.05) is 25.4 Å². The summed E-state index contributed by atoms with van der Waals surface area (Å²) in [6.45, 7) is 0.643. The van der Waals surface area contributed by atoms with Crippen LogP contribution in [0, 0.1) is 0 Å². The minimum atomic E-state index is -0.127. The number of nitrogens with one attached hydrogen (secondary N) is 1. The molecule has 0 bridgehead atoms. The van der Waals surface area contributed by atoms with Crippen molar-refractivity contribution in [3.05, 3.63) is 47.8 Å². The number of benzene rings is 1. The minimum absolute atomic E-state index is 0.0114. The van der Waals surface area contributed by atoms with Gasteiger partial charge in [0.25, 0.3) is 0 Å². The maximum atomic E-state index is 12.3. The summed E-state index contributed by atoms with van der Waals surface area (Å²) in [5, 5.41) is 7.25. The third kappa shape index (κ3) is 3.71. The number of carbonyl (C=O) groups is 1. The molecule has 2 aromatic rings. The molecular formula is C17H21N3O3. The van der Waals surface area contributed by atoms with E-state index in [-0.39, 0.29) is 18.1 Å². The van der Waals surface area contributed by atoms with E-state index in [0.29, 0.717) is 13.0 Å². The Kier molecular flexibility index (Phi) is 4.62. The Morgan fingerprint density at radius 3 is 3.13 bits per heavy atom. The summed E-state index contributed by atoms with van der Waals surface area (Å²) in [6, 6.07) is 7.54.